The van der Waals surface area contributed by atoms with Crippen molar-refractivity contribution in [3.05, 3.63) is 106 Å². The predicted molar refractivity (Wildman–Crippen MR) is 136 cm³/mol. The molecule has 2 heterocycles. The van der Waals surface area contributed by atoms with Gasteiger partial charge >= 0.3 is 5.97 Å². The Bertz CT molecular complexity index is 1540. The van der Waals surface area contributed by atoms with Crippen molar-refractivity contribution in [1.82, 2.24) is 14.8 Å². The van der Waals surface area contributed by atoms with Crippen LogP contribution in [0.1, 0.15) is 34.1 Å². The van der Waals surface area contributed by atoms with Crippen LogP contribution in [-0.2, 0) is 21.2 Å². The number of carbonyl (C=O) groups excluding carboxylic acids is 1. The third-order valence-electron chi connectivity index (χ3n) is 5.79. The zero-order valence-electron chi connectivity index (χ0n) is 20.1. The second-order valence-corrected chi connectivity index (χ2v) is 9.94. The van der Waals surface area contributed by atoms with E-state index >= 15 is 0 Å². The standard InChI is InChI=1S/C26H26N4O5S/c1-4-29(21-11-6-5-7-12-21)36(33,34)22-13-14-24(27-17-22)30-25(31)23(18(2)28-30)16-19-9-8-10-20(15-19)26(32)35-3/h5-15,17,28H,4,16H2,1-3H3. The number of sulfonamides is 1. The van der Waals surface area contributed by atoms with Crippen LogP contribution < -0.4 is 9.86 Å². The number of aryl methyl sites for hydroxylation is 1. The van der Waals surface area contributed by atoms with Crippen LogP contribution in [-0.4, -0.2) is 42.8 Å². The lowest BCUT2D eigenvalue weighted by Crippen LogP contribution is -2.30. The summed E-state index contributed by atoms with van der Waals surface area (Å²) in [5, 5.41) is 3.01. The summed E-state index contributed by atoms with van der Waals surface area (Å²) in [6, 6.07) is 18.7. The number of H-pyrrole nitrogens is 1. The predicted octanol–water partition coefficient (Wildman–Crippen LogP) is 3.46. The SMILES string of the molecule is CCN(c1ccccc1)S(=O)(=O)c1ccc(-n2[nH]c(C)c(Cc3cccc(C(=O)OC)c3)c2=O)nc1. The van der Waals surface area contributed by atoms with Gasteiger partial charge in [0.2, 0.25) is 0 Å². The van der Waals surface area contributed by atoms with Crippen LogP contribution in [0.4, 0.5) is 5.69 Å². The maximum atomic E-state index is 13.2. The number of aromatic nitrogens is 3. The van der Waals surface area contributed by atoms with Gasteiger partial charge < -0.3 is 4.74 Å². The summed E-state index contributed by atoms with van der Waals surface area (Å²) < 4.78 is 33.8. The Morgan fingerprint density at radius 1 is 1.08 bits per heavy atom. The molecule has 0 saturated carbocycles. The van der Waals surface area contributed by atoms with Crippen LogP contribution in [0.5, 0.6) is 0 Å². The lowest BCUT2D eigenvalue weighted by Gasteiger charge is -2.22. The number of anilines is 1. The van der Waals surface area contributed by atoms with Crippen molar-refractivity contribution in [2.45, 2.75) is 25.2 Å². The fourth-order valence-electron chi connectivity index (χ4n) is 3.95. The first kappa shape index (κ1) is 24.9. The van der Waals surface area contributed by atoms with Crippen molar-refractivity contribution in [3.8, 4) is 5.82 Å². The van der Waals surface area contributed by atoms with E-state index in [4.69, 9.17) is 4.74 Å². The second-order valence-electron chi connectivity index (χ2n) is 8.08. The molecule has 10 heteroatoms. The number of nitrogens with zero attached hydrogens (tertiary/aromatic N) is 3. The van der Waals surface area contributed by atoms with E-state index in [1.54, 1.807) is 56.3 Å². The van der Waals surface area contributed by atoms with Gasteiger partial charge in [-0.1, -0.05) is 30.3 Å². The summed E-state index contributed by atoms with van der Waals surface area (Å²) in [6.07, 6.45) is 1.55. The fourth-order valence-corrected chi connectivity index (χ4v) is 5.37. The van der Waals surface area contributed by atoms with Gasteiger partial charge in [-0.15, -0.1) is 0 Å². The number of hydrogen-bond donors (Lipinski definition) is 1. The first-order chi connectivity index (χ1) is 17.3. The van der Waals surface area contributed by atoms with Gasteiger partial charge in [-0.3, -0.25) is 14.2 Å². The van der Waals surface area contributed by atoms with Crippen molar-refractivity contribution >= 4 is 21.7 Å². The molecule has 2 aromatic heterocycles. The highest BCUT2D eigenvalue weighted by Gasteiger charge is 2.24. The van der Waals surface area contributed by atoms with Gasteiger partial charge in [0, 0.05) is 30.4 Å². The van der Waals surface area contributed by atoms with E-state index in [0.29, 0.717) is 28.9 Å². The molecule has 4 aromatic rings. The van der Waals surface area contributed by atoms with E-state index in [2.05, 4.69) is 10.1 Å². The Hall–Kier alpha value is -4.18. The van der Waals surface area contributed by atoms with Gasteiger partial charge in [-0.2, -0.15) is 0 Å². The van der Waals surface area contributed by atoms with Crippen LogP contribution in [0, 0.1) is 6.92 Å². The number of rotatable bonds is 8. The van der Waals surface area contributed by atoms with E-state index in [9.17, 15) is 18.0 Å². The number of nitrogens with one attached hydrogen (secondary N) is 1. The van der Waals surface area contributed by atoms with Crippen molar-refractivity contribution < 1.29 is 17.9 Å². The lowest BCUT2D eigenvalue weighted by atomic mass is 10.0. The molecule has 0 aliphatic rings. The van der Waals surface area contributed by atoms with Crippen LogP contribution in [0.25, 0.3) is 5.82 Å². The highest BCUT2D eigenvalue weighted by atomic mass is 32.2. The van der Waals surface area contributed by atoms with Gasteiger partial charge in [0.25, 0.3) is 15.6 Å². The van der Waals surface area contributed by atoms with Gasteiger partial charge in [0.1, 0.15) is 4.90 Å². The number of esters is 1. The molecular formula is C26H26N4O5S. The molecular weight excluding hydrogens is 480 g/mol. The highest BCUT2D eigenvalue weighted by molar-refractivity contribution is 7.92. The van der Waals surface area contributed by atoms with Gasteiger partial charge in [-0.05, 0) is 55.8 Å². The van der Waals surface area contributed by atoms with Gasteiger partial charge in [0.15, 0.2) is 5.82 Å². The number of carbonyl (C=O) groups is 1. The van der Waals surface area contributed by atoms with Crippen molar-refractivity contribution in [3.63, 3.8) is 0 Å². The topological polar surface area (TPSA) is 114 Å². The molecule has 4 rings (SSSR count). The maximum Gasteiger partial charge on any atom is 0.337 e. The zero-order valence-corrected chi connectivity index (χ0v) is 21.0. The molecule has 0 aliphatic carbocycles. The molecule has 0 saturated heterocycles. The Morgan fingerprint density at radius 3 is 2.47 bits per heavy atom. The van der Waals surface area contributed by atoms with E-state index in [1.807, 2.05) is 12.1 Å². The summed E-state index contributed by atoms with van der Waals surface area (Å²) in [6.45, 7) is 3.79. The van der Waals surface area contributed by atoms with E-state index < -0.39 is 16.0 Å². The van der Waals surface area contributed by atoms with Gasteiger partial charge in [-0.25, -0.2) is 22.9 Å². The van der Waals surface area contributed by atoms with Crippen LogP contribution in [0.3, 0.4) is 0 Å². The smallest absolute Gasteiger partial charge is 0.337 e. The van der Waals surface area contributed by atoms with Crippen LogP contribution in [0.15, 0.2) is 82.6 Å². The Morgan fingerprint density at radius 2 is 1.83 bits per heavy atom. The van der Waals surface area contributed by atoms with Crippen LogP contribution in [0.2, 0.25) is 0 Å². The monoisotopic (exact) mass is 506 g/mol. The minimum absolute atomic E-state index is 0.0214. The molecule has 0 spiro atoms. The summed E-state index contributed by atoms with van der Waals surface area (Å²) in [5.74, 6) is -0.187. The normalized spacial score (nSPS) is 11.3. The second kappa shape index (κ2) is 10.2. The highest BCUT2D eigenvalue weighted by Crippen LogP contribution is 2.23. The average molecular weight is 507 g/mol. The summed E-state index contributed by atoms with van der Waals surface area (Å²) in [5.41, 5.74) is 2.58. The van der Waals surface area contributed by atoms with Crippen molar-refractivity contribution in [2.75, 3.05) is 18.0 Å². The van der Waals surface area contributed by atoms with Crippen molar-refractivity contribution in [1.29, 1.82) is 0 Å². The molecule has 0 aliphatic heterocycles. The molecule has 9 nitrogen and oxygen atoms in total. The Labute approximate surface area is 209 Å². The molecule has 0 bridgehead atoms. The molecule has 0 atom stereocenters. The number of hydrogen-bond acceptors (Lipinski definition) is 6. The minimum atomic E-state index is -3.83. The molecule has 36 heavy (non-hydrogen) atoms. The fraction of sp³-hybridized carbons (Fsp3) is 0.192. The molecule has 0 fully saturated rings. The van der Waals surface area contributed by atoms with E-state index in [0.717, 1.165) is 5.56 Å². The van der Waals surface area contributed by atoms with Gasteiger partial charge in [0.05, 0.1) is 18.4 Å². The summed E-state index contributed by atoms with van der Waals surface area (Å²) in [4.78, 5) is 29.3. The molecule has 2 aromatic carbocycles. The Balaban J connectivity index is 1.62. The largest absolute Gasteiger partial charge is 0.465 e. The molecule has 0 radical (unpaired) electrons. The van der Waals surface area contributed by atoms with Crippen LogP contribution >= 0.6 is 0 Å². The summed E-state index contributed by atoms with van der Waals surface area (Å²) >= 11 is 0. The number of benzene rings is 2. The Kier molecular flexibility index (Phi) is 7.07. The van der Waals surface area contributed by atoms with E-state index in [1.165, 1.54) is 34.4 Å². The van der Waals surface area contributed by atoms with E-state index in [-0.39, 0.29) is 22.8 Å². The quantitative estimate of drug-likeness (QED) is 0.366. The van der Waals surface area contributed by atoms with Crippen molar-refractivity contribution in [2.24, 2.45) is 0 Å². The zero-order chi connectivity index (χ0) is 25.9. The first-order valence-electron chi connectivity index (χ1n) is 11.3. The molecule has 1 N–H and O–H groups in total. The molecule has 186 valence electrons. The third kappa shape index (κ3) is 4.80. The summed E-state index contributed by atoms with van der Waals surface area (Å²) in [7, 11) is -2.52. The minimum Gasteiger partial charge on any atom is -0.465 e. The number of aromatic amines is 1. The third-order valence-corrected chi connectivity index (χ3v) is 7.68. The molecule has 0 amide bonds. The number of ether oxygens (including phenoxy) is 1. The first-order valence-corrected chi connectivity index (χ1v) is 12.7. The number of para-hydroxylation sites is 1. The maximum absolute atomic E-state index is 13.2. The number of pyridine rings is 1. The number of methoxy groups -OCH3 is 1. The molecule has 0 unspecified atom stereocenters. The average Bonchev–Trinajstić information content (AvgIpc) is 3.17. The lowest BCUT2D eigenvalue weighted by molar-refractivity contribution is 0.0600.